The molecular formula is C26H22Cl2N4O2. The number of fused-ring (bicyclic) bond motifs is 1. The van der Waals surface area contributed by atoms with E-state index < -0.39 is 0 Å². The molecule has 1 N–H and O–H groups in total. The van der Waals surface area contributed by atoms with Gasteiger partial charge in [0.25, 0.3) is 0 Å². The minimum Gasteiger partial charge on any atom is -0.505 e. The summed E-state index contributed by atoms with van der Waals surface area (Å²) in [6.07, 6.45) is 2.63. The third kappa shape index (κ3) is 5.14. The Morgan fingerprint density at radius 3 is 2.32 bits per heavy atom. The van der Waals surface area contributed by atoms with Gasteiger partial charge in [-0.2, -0.15) is 0 Å². The highest BCUT2D eigenvalue weighted by Crippen LogP contribution is 2.35. The monoisotopic (exact) mass is 492 g/mol. The molecule has 4 aromatic rings. The van der Waals surface area contributed by atoms with Crippen LogP contribution in [0.5, 0.6) is 11.8 Å². The van der Waals surface area contributed by atoms with Gasteiger partial charge in [0, 0.05) is 25.2 Å². The molecule has 0 radical (unpaired) electrons. The van der Waals surface area contributed by atoms with Crippen molar-refractivity contribution in [2.24, 2.45) is 0 Å². The molecule has 0 fully saturated rings. The second-order valence-electron chi connectivity index (χ2n) is 8.25. The Balaban J connectivity index is 1.16. The molecule has 3 aromatic carbocycles. The Bertz CT molecular complexity index is 1270. The summed E-state index contributed by atoms with van der Waals surface area (Å²) in [4.78, 5) is 6.69. The maximum absolute atomic E-state index is 9.70. The van der Waals surface area contributed by atoms with E-state index in [4.69, 9.17) is 27.9 Å². The highest BCUT2D eigenvalue weighted by Gasteiger charge is 2.16. The lowest BCUT2D eigenvalue weighted by Crippen LogP contribution is -2.29. The van der Waals surface area contributed by atoms with Gasteiger partial charge in [-0.3, -0.25) is 4.90 Å². The largest absolute Gasteiger partial charge is 0.505 e. The van der Waals surface area contributed by atoms with Crippen molar-refractivity contribution in [1.29, 1.82) is 0 Å². The predicted octanol–water partition coefficient (Wildman–Crippen LogP) is 5.69. The van der Waals surface area contributed by atoms with Crippen LogP contribution in [0.4, 0.5) is 0 Å². The number of hydrogen-bond acceptors (Lipinski definition) is 6. The molecule has 1 aliphatic heterocycles. The number of phenolic OH excluding ortho intramolecular Hbond substituents is 1. The molecule has 0 unspecified atom stereocenters. The van der Waals surface area contributed by atoms with Gasteiger partial charge in [-0.25, -0.2) is 4.98 Å². The molecule has 0 atom stereocenters. The van der Waals surface area contributed by atoms with Crippen molar-refractivity contribution in [2.75, 3.05) is 6.54 Å². The van der Waals surface area contributed by atoms with Crippen molar-refractivity contribution in [3.05, 3.63) is 99.2 Å². The van der Waals surface area contributed by atoms with Gasteiger partial charge in [0.2, 0.25) is 0 Å². The zero-order valence-corrected chi connectivity index (χ0v) is 19.8. The number of benzene rings is 3. The standard InChI is InChI=1S/C26H22Cl2N4O2/c27-22-11-21(12-23(28)25(22)33)24-13-29-26(31-30-24)34-16-18-7-5-17(6-8-18)14-32-10-9-19-3-1-2-4-20(19)15-32/h1-8,11-13,33H,9-10,14-16H2. The fourth-order valence-corrected chi connectivity index (χ4v) is 4.50. The Kier molecular flexibility index (Phi) is 6.63. The molecule has 0 bridgehead atoms. The fraction of sp³-hybridized carbons (Fsp3) is 0.192. The smallest absolute Gasteiger partial charge is 0.336 e. The third-order valence-corrected chi connectivity index (χ3v) is 6.44. The van der Waals surface area contributed by atoms with Crippen LogP contribution in [0.3, 0.4) is 0 Å². The molecule has 0 spiro atoms. The second-order valence-corrected chi connectivity index (χ2v) is 9.06. The van der Waals surface area contributed by atoms with Gasteiger partial charge in [0.05, 0.1) is 16.2 Å². The van der Waals surface area contributed by atoms with Crippen molar-refractivity contribution in [3.8, 4) is 23.0 Å². The van der Waals surface area contributed by atoms with Gasteiger partial charge < -0.3 is 9.84 Å². The molecule has 5 rings (SSSR count). The lowest BCUT2D eigenvalue weighted by atomic mass is 9.99. The SMILES string of the molecule is Oc1c(Cl)cc(-c2cnc(OCc3ccc(CN4CCc5ccccc5C4)cc3)nn2)cc1Cl. The molecule has 1 aliphatic rings. The molecule has 0 amide bonds. The first-order valence-electron chi connectivity index (χ1n) is 10.9. The van der Waals surface area contributed by atoms with Crippen molar-refractivity contribution < 1.29 is 9.84 Å². The number of hydrogen-bond donors (Lipinski definition) is 1. The maximum Gasteiger partial charge on any atom is 0.336 e. The molecule has 1 aromatic heterocycles. The van der Waals surface area contributed by atoms with Crippen LogP contribution >= 0.6 is 23.2 Å². The van der Waals surface area contributed by atoms with E-state index in [0.29, 0.717) is 17.9 Å². The van der Waals surface area contributed by atoms with Crippen molar-refractivity contribution in [2.45, 2.75) is 26.1 Å². The van der Waals surface area contributed by atoms with E-state index in [1.54, 1.807) is 12.1 Å². The van der Waals surface area contributed by atoms with Gasteiger partial charge in [-0.15, -0.1) is 5.10 Å². The maximum atomic E-state index is 9.70. The van der Waals surface area contributed by atoms with Crippen LogP contribution in [0.25, 0.3) is 11.3 Å². The molecule has 172 valence electrons. The van der Waals surface area contributed by atoms with E-state index in [2.05, 4.69) is 68.6 Å². The van der Waals surface area contributed by atoms with Gasteiger partial charge in [0.1, 0.15) is 12.3 Å². The molecule has 8 heteroatoms. The third-order valence-electron chi connectivity index (χ3n) is 5.86. The summed E-state index contributed by atoms with van der Waals surface area (Å²) in [6, 6.07) is 20.4. The number of phenols is 1. The Hall–Kier alpha value is -3.19. The summed E-state index contributed by atoms with van der Waals surface area (Å²) in [7, 11) is 0. The Morgan fingerprint density at radius 2 is 1.62 bits per heavy atom. The summed E-state index contributed by atoms with van der Waals surface area (Å²) >= 11 is 11.9. The normalized spacial score (nSPS) is 13.5. The summed E-state index contributed by atoms with van der Waals surface area (Å²) < 4.78 is 5.69. The van der Waals surface area contributed by atoms with E-state index in [9.17, 15) is 5.11 Å². The first-order valence-corrected chi connectivity index (χ1v) is 11.7. The van der Waals surface area contributed by atoms with Crippen molar-refractivity contribution in [1.82, 2.24) is 20.1 Å². The van der Waals surface area contributed by atoms with E-state index in [1.807, 2.05) is 0 Å². The minimum atomic E-state index is -0.166. The quantitative estimate of drug-likeness (QED) is 0.372. The van der Waals surface area contributed by atoms with Crippen LogP contribution in [0, 0.1) is 0 Å². The van der Waals surface area contributed by atoms with Crippen molar-refractivity contribution in [3.63, 3.8) is 0 Å². The van der Waals surface area contributed by atoms with Gasteiger partial charge in [-0.1, -0.05) is 76.8 Å². The van der Waals surface area contributed by atoms with E-state index >= 15 is 0 Å². The summed E-state index contributed by atoms with van der Waals surface area (Å²) in [5, 5.41) is 18.1. The molecule has 34 heavy (non-hydrogen) atoms. The molecule has 0 aliphatic carbocycles. The van der Waals surface area contributed by atoms with Gasteiger partial charge in [0.15, 0.2) is 5.75 Å². The van der Waals surface area contributed by atoms with Crippen molar-refractivity contribution >= 4 is 23.2 Å². The zero-order chi connectivity index (χ0) is 23.5. The van der Waals surface area contributed by atoms with Gasteiger partial charge >= 0.3 is 6.01 Å². The first-order chi connectivity index (χ1) is 16.5. The van der Waals surface area contributed by atoms with Crippen LogP contribution in [-0.4, -0.2) is 31.7 Å². The fourth-order valence-electron chi connectivity index (χ4n) is 4.01. The highest BCUT2D eigenvalue weighted by molar-refractivity contribution is 6.37. The number of halogens is 2. The molecule has 2 heterocycles. The second kappa shape index (κ2) is 9.97. The van der Waals surface area contributed by atoms with Crippen LogP contribution in [-0.2, 0) is 26.1 Å². The van der Waals surface area contributed by atoms with E-state index in [0.717, 1.165) is 31.6 Å². The number of aromatic hydroxyl groups is 1. The summed E-state index contributed by atoms with van der Waals surface area (Å²) in [6.45, 7) is 3.33. The number of ether oxygens (including phenoxy) is 1. The van der Waals surface area contributed by atoms with E-state index in [1.165, 1.54) is 22.9 Å². The summed E-state index contributed by atoms with van der Waals surface area (Å²) in [5.74, 6) is -0.166. The topological polar surface area (TPSA) is 71.4 Å². The highest BCUT2D eigenvalue weighted by atomic mass is 35.5. The molecular weight excluding hydrogens is 471 g/mol. The average molecular weight is 493 g/mol. The number of aromatic nitrogens is 3. The van der Waals surface area contributed by atoms with Gasteiger partial charge in [-0.05, 0) is 40.8 Å². The molecule has 6 nitrogen and oxygen atoms in total. The lowest BCUT2D eigenvalue weighted by Gasteiger charge is -2.28. The molecule has 0 saturated heterocycles. The Morgan fingerprint density at radius 1 is 0.912 bits per heavy atom. The van der Waals surface area contributed by atoms with Crippen LogP contribution in [0.15, 0.2) is 66.9 Å². The zero-order valence-electron chi connectivity index (χ0n) is 18.3. The predicted molar refractivity (Wildman–Crippen MR) is 132 cm³/mol. The molecule has 0 saturated carbocycles. The van der Waals surface area contributed by atoms with Crippen LogP contribution in [0.1, 0.15) is 22.3 Å². The van der Waals surface area contributed by atoms with E-state index in [-0.39, 0.29) is 21.8 Å². The lowest BCUT2D eigenvalue weighted by molar-refractivity contribution is 0.245. The summed E-state index contributed by atoms with van der Waals surface area (Å²) in [5.41, 5.74) is 6.27. The average Bonchev–Trinajstić information content (AvgIpc) is 2.87. The van der Waals surface area contributed by atoms with Crippen LogP contribution < -0.4 is 4.74 Å². The van der Waals surface area contributed by atoms with Crippen LogP contribution in [0.2, 0.25) is 10.0 Å². The minimum absolute atomic E-state index is 0.137. The number of rotatable bonds is 6. The Labute approximate surface area is 207 Å². The first kappa shape index (κ1) is 22.6. The number of nitrogens with zero attached hydrogens (tertiary/aromatic N) is 4.